The number of nitrogen functional groups attached to an aromatic ring is 1. The second-order valence-corrected chi connectivity index (χ2v) is 8.48. The molecule has 0 radical (unpaired) electrons. The molecule has 0 unspecified atom stereocenters. The van der Waals surface area contributed by atoms with Gasteiger partial charge in [0.1, 0.15) is 11.9 Å². The van der Waals surface area contributed by atoms with Gasteiger partial charge in [-0.1, -0.05) is 11.6 Å². The summed E-state index contributed by atoms with van der Waals surface area (Å²) in [4.78, 5) is 24.1. The number of rotatable bonds is 5. The second-order valence-electron chi connectivity index (χ2n) is 8.08. The lowest BCUT2D eigenvalue weighted by atomic mass is 10.0. The van der Waals surface area contributed by atoms with Crippen molar-refractivity contribution in [2.24, 2.45) is 5.92 Å². The predicted molar refractivity (Wildman–Crippen MR) is 116 cm³/mol. The van der Waals surface area contributed by atoms with E-state index in [0.717, 1.165) is 35.0 Å². The number of carbonyl (C=O) groups is 1. The monoisotopic (exact) mass is 433 g/mol. The zero-order valence-corrected chi connectivity index (χ0v) is 17.5. The third-order valence-electron chi connectivity index (χ3n) is 5.82. The molecule has 3 aromatic rings. The number of benzene rings is 1. The molecule has 1 aliphatic heterocycles. The summed E-state index contributed by atoms with van der Waals surface area (Å²) in [7, 11) is 0. The Morgan fingerprint density at radius 2 is 2.10 bits per heavy atom. The highest BCUT2D eigenvalue weighted by molar-refractivity contribution is 6.34. The van der Waals surface area contributed by atoms with Crippen LogP contribution in [-0.4, -0.2) is 27.3 Å². The maximum atomic E-state index is 13.6. The Balaban J connectivity index is 1.51. The third kappa shape index (κ3) is 3.80. The average molecular weight is 434 g/mol. The number of aromatic nitrogens is 2. The van der Waals surface area contributed by atoms with Crippen LogP contribution in [0.15, 0.2) is 30.5 Å². The molecule has 2 aromatic heterocycles. The highest BCUT2D eigenvalue weighted by Crippen LogP contribution is 2.35. The Morgan fingerprint density at radius 1 is 1.29 bits per heavy atom. The molecule has 156 valence electrons. The molecule has 1 aromatic carbocycles. The number of hydrogen-bond donors (Lipinski definition) is 1. The molecule has 3 heterocycles. The summed E-state index contributed by atoms with van der Waals surface area (Å²) in [6.07, 6.45) is 3.76. The largest absolute Gasteiger partial charge is 0.383 e. The van der Waals surface area contributed by atoms with Crippen molar-refractivity contribution < 1.29 is 9.53 Å². The molecule has 0 atom stereocenters. The number of amides is 1. The third-order valence-corrected chi connectivity index (χ3v) is 6.13. The van der Waals surface area contributed by atoms with E-state index in [1.165, 1.54) is 6.20 Å². The SMILES string of the molecule is N#Cc1ccc(CN(CC2CC2)C(=O)c2cc3c4c(c(N)nc3cc2Cl)COC4)nc1. The van der Waals surface area contributed by atoms with Gasteiger partial charge in [-0.3, -0.25) is 9.78 Å². The quantitative estimate of drug-likeness (QED) is 0.655. The van der Waals surface area contributed by atoms with Crippen molar-refractivity contribution in [3.05, 3.63) is 63.4 Å². The minimum absolute atomic E-state index is 0.144. The lowest BCUT2D eigenvalue weighted by Crippen LogP contribution is -2.33. The van der Waals surface area contributed by atoms with E-state index < -0.39 is 0 Å². The van der Waals surface area contributed by atoms with Crippen molar-refractivity contribution >= 4 is 34.2 Å². The summed E-state index contributed by atoms with van der Waals surface area (Å²) < 4.78 is 5.56. The molecular weight excluding hydrogens is 414 g/mol. The molecule has 31 heavy (non-hydrogen) atoms. The molecule has 5 rings (SSSR count). The topological polar surface area (TPSA) is 105 Å². The molecule has 1 aliphatic carbocycles. The smallest absolute Gasteiger partial charge is 0.255 e. The molecule has 0 saturated heterocycles. The van der Waals surface area contributed by atoms with Crippen molar-refractivity contribution in [3.8, 4) is 6.07 Å². The number of nitrogens with zero attached hydrogens (tertiary/aromatic N) is 4. The van der Waals surface area contributed by atoms with Gasteiger partial charge in [-0.15, -0.1) is 0 Å². The van der Waals surface area contributed by atoms with Crippen molar-refractivity contribution in [1.82, 2.24) is 14.9 Å². The second kappa shape index (κ2) is 7.80. The average Bonchev–Trinajstić information content (AvgIpc) is 3.44. The summed E-state index contributed by atoms with van der Waals surface area (Å²) >= 11 is 6.53. The fraction of sp³-hybridized carbons (Fsp3) is 0.304. The minimum Gasteiger partial charge on any atom is -0.383 e. The van der Waals surface area contributed by atoms with E-state index in [4.69, 9.17) is 27.3 Å². The molecule has 0 spiro atoms. The molecule has 8 heteroatoms. The number of pyridine rings is 2. The van der Waals surface area contributed by atoms with Gasteiger partial charge in [-0.2, -0.15) is 5.26 Å². The maximum Gasteiger partial charge on any atom is 0.255 e. The van der Waals surface area contributed by atoms with Crippen LogP contribution in [0.3, 0.4) is 0 Å². The molecule has 1 fully saturated rings. The van der Waals surface area contributed by atoms with E-state index in [1.807, 2.05) is 6.07 Å². The molecule has 2 aliphatic rings. The van der Waals surface area contributed by atoms with Gasteiger partial charge in [-0.05, 0) is 48.6 Å². The lowest BCUT2D eigenvalue weighted by molar-refractivity contribution is 0.0733. The van der Waals surface area contributed by atoms with Gasteiger partial charge in [0.15, 0.2) is 0 Å². The molecule has 2 N–H and O–H groups in total. The minimum atomic E-state index is -0.144. The van der Waals surface area contributed by atoms with Crippen LogP contribution in [0.1, 0.15) is 45.6 Å². The van der Waals surface area contributed by atoms with E-state index in [1.54, 1.807) is 23.1 Å². The molecule has 1 saturated carbocycles. The molecule has 7 nitrogen and oxygen atoms in total. The summed E-state index contributed by atoms with van der Waals surface area (Å²) in [5.41, 5.74) is 10.2. The Hall–Kier alpha value is -3.21. The first-order valence-electron chi connectivity index (χ1n) is 10.2. The number of hydrogen-bond acceptors (Lipinski definition) is 6. The van der Waals surface area contributed by atoms with Crippen LogP contribution in [0.5, 0.6) is 0 Å². The summed E-state index contributed by atoms with van der Waals surface area (Å²) in [6, 6.07) is 9.07. The van der Waals surface area contributed by atoms with Gasteiger partial charge in [-0.25, -0.2) is 4.98 Å². The number of fused-ring (bicyclic) bond motifs is 3. The zero-order chi connectivity index (χ0) is 21.5. The summed E-state index contributed by atoms with van der Waals surface area (Å²) in [5.74, 6) is 0.799. The van der Waals surface area contributed by atoms with E-state index in [2.05, 4.69) is 16.0 Å². The van der Waals surface area contributed by atoms with E-state index in [9.17, 15) is 4.79 Å². The summed E-state index contributed by atoms with van der Waals surface area (Å²) in [5, 5.41) is 10.2. The fourth-order valence-corrected chi connectivity index (χ4v) is 4.18. The van der Waals surface area contributed by atoms with Gasteiger partial charge < -0.3 is 15.4 Å². The van der Waals surface area contributed by atoms with E-state index >= 15 is 0 Å². The molecule has 0 bridgehead atoms. The number of anilines is 1. The maximum absolute atomic E-state index is 13.6. The van der Waals surface area contributed by atoms with E-state index in [0.29, 0.717) is 59.7 Å². The molecular formula is C23H20ClN5O2. The van der Waals surface area contributed by atoms with Crippen LogP contribution in [0.25, 0.3) is 10.9 Å². The summed E-state index contributed by atoms with van der Waals surface area (Å²) in [6.45, 7) is 1.87. The highest BCUT2D eigenvalue weighted by atomic mass is 35.5. The highest BCUT2D eigenvalue weighted by Gasteiger charge is 2.29. The Labute approximate surface area is 184 Å². The Bertz CT molecular complexity index is 1230. The van der Waals surface area contributed by atoms with Gasteiger partial charge in [0.05, 0.1) is 47.1 Å². The van der Waals surface area contributed by atoms with Crippen LogP contribution >= 0.6 is 11.6 Å². The lowest BCUT2D eigenvalue weighted by Gasteiger charge is -2.23. The predicted octanol–water partition coefficient (Wildman–Crippen LogP) is 3.82. The van der Waals surface area contributed by atoms with Crippen molar-refractivity contribution in [1.29, 1.82) is 5.26 Å². The van der Waals surface area contributed by atoms with Gasteiger partial charge in [0, 0.05) is 23.7 Å². The first kappa shape index (κ1) is 19.7. The normalized spacial score (nSPS) is 15.0. The first-order valence-corrected chi connectivity index (χ1v) is 10.5. The van der Waals surface area contributed by atoms with Crippen LogP contribution in [0.4, 0.5) is 5.82 Å². The number of halogens is 1. The van der Waals surface area contributed by atoms with E-state index in [-0.39, 0.29) is 5.91 Å². The van der Waals surface area contributed by atoms with Gasteiger partial charge in [0.2, 0.25) is 0 Å². The van der Waals surface area contributed by atoms with Crippen LogP contribution in [-0.2, 0) is 24.5 Å². The van der Waals surface area contributed by atoms with Crippen LogP contribution < -0.4 is 5.73 Å². The fourth-order valence-electron chi connectivity index (χ4n) is 3.94. The zero-order valence-electron chi connectivity index (χ0n) is 16.8. The number of ether oxygens (including phenoxy) is 1. The number of nitrogens with two attached hydrogens (primary N) is 1. The van der Waals surface area contributed by atoms with Gasteiger partial charge in [0.25, 0.3) is 5.91 Å². The van der Waals surface area contributed by atoms with Crippen molar-refractivity contribution in [3.63, 3.8) is 0 Å². The first-order chi connectivity index (χ1) is 15.0. The Morgan fingerprint density at radius 3 is 2.81 bits per heavy atom. The van der Waals surface area contributed by atoms with Crippen molar-refractivity contribution in [2.45, 2.75) is 32.6 Å². The standard InChI is InChI=1S/C23H20ClN5O2/c24-20-6-21-16(18-11-31-12-19(18)22(26)28-21)5-17(20)23(30)29(9-13-1-2-13)10-15-4-3-14(7-25)8-27-15/h3-6,8,13H,1-2,9-12H2,(H2,26,28). The van der Waals surface area contributed by atoms with Gasteiger partial charge >= 0.3 is 0 Å². The van der Waals surface area contributed by atoms with Crippen LogP contribution in [0, 0.1) is 17.2 Å². The van der Waals surface area contributed by atoms with Crippen molar-refractivity contribution in [2.75, 3.05) is 12.3 Å². The van der Waals surface area contributed by atoms with Crippen LogP contribution in [0.2, 0.25) is 5.02 Å². The number of nitriles is 1. The Kier molecular flexibility index (Phi) is 4.97. The number of carbonyl (C=O) groups excluding carboxylic acids is 1. The molecule has 1 amide bonds.